The second-order valence-corrected chi connectivity index (χ2v) is 4.95. The fraction of sp³-hybridized carbons (Fsp3) is 0.200. The maximum Gasteiger partial charge on any atom is 0.338 e. The van der Waals surface area contributed by atoms with Gasteiger partial charge in [0.1, 0.15) is 0 Å². The van der Waals surface area contributed by atoms with E-state index in [2.05, 4.69) is 20.3 Å². The number of nitrogens with zero attached hydrogens (tertiary/aromatic N) is 4. The van der Waals surface area contributed by atoms with Crippen LogP contribution >= 0.6 is 0 Å². The van der Waals surface area contributed by atoms with Gasteiger partial charge in [0.25, 0.3) is 5.91 Å². The zero-order valence-electron chi connectivity index (χ0n) is 12.1. The Morgan fingerprint density at radius 2 is 1.91 bits per heavy atom. The number of hydrogen-bond donors (Lipinski definition) is 1. The van der Waals surface area contributed by atoms with Gasteiger partial charge in [-0.3, -0.25) is 14.4 Å². The minimum Gasteiger partial charge on any atom is -0.352 e. The topological polar surface area (TPSA) is 106 Å². The van der Waals surface area contributed by atoms with Crippen molar-refractivity contribution in [2.75, 3.05) is 6.54 Å². The van der Waals surface area contributed by atoms with Gasteiger partial charge in [-0.25, -0.2) is 15.0 Å². The molecule has 0 saturated carbocycles. The van der Waals surface area contributed by atoms with Crippen LogP contribution in [0.4, 0.5) is 0 Å². The van der Waals surface area contributed by atoms with Gasteiger partial charge in [0.15, 0.2) is 0 Å². The predicted molar refractivity (Wildman–Crippen MR) is 77.9 cm³/mol. The third-order valence-electron chi connectivity index (χ3n) is 3.30. The van der Waals surface area contributed by atoms with Crippen molar-refractivity contribution in [1.29, 1.82) is 0 Å². The molecule has 1 aromatic heterocycles. The molecule has 0 atom stereocenters. The molecule has 0 radical (unpaired) electrons. The van der Waals surface area contributed by atoms with E-state index in [0.29, 0.717) is 17.5 Å². The normalized spacial score (nSPS) is 13.0. The second-order valence-electron chi connectivity index (χ2n) is 4.95. The van der Waals surface area contributed by atoms with Crippen LogP contribution in [0.15, 0.2) is 46.9 Å². The molecular weight excluding hydrogens is 298 g/mol. The number of aromatic nitrogens is 2. The van der Waals surface area contributed by atoms with Crippen LogP contribution in [0.1, 0.15) is 16.8 Å². The van der Waals surface area contributed by atoms with Crippen molar-refractivity contribution in [3.8, 4) is 0 Å². The average molecular weight is 311 g/mol. The van der Waals surface area contributed by atoms with Crippen LogP contribution in [0.3, 0.4) is 0 Å². The number of rotatable bonds is 5. The molecule has 2 heterocycles. The highest BCUT2D eigenvalue weighted by Gasteiger charge is 2.16. The van der Waals surface area contributed by atoms with Crippen LogP contribution in [-0.2, 0) is 16.1 Å². The van der Waals surface area contributed by atoms with Gasteiger partial charge >= 0.3 is 11.8 Å². The monoisotopic (exact) mass is 311 g/mol. The van der Waals surface area contributed by atoms with E-state index in [1.54, 1.807) is 18.6 Å². The fourth-order valence-electron chi connectivity index (χ4n) is 2.15. The van der Waals surface area contributed by atoms with Crippen molar-refractivity contribution < 1.29 is 14.4 Å². The highest BCUT2D eigenvalue weighted by molar-refractivity contribution is 6.36. The number of carbonyl (C=O) groups is 3. The molecule has 116 valence electrons. The van der Waals surface area contributed by atoms with E-state index in [1.807, 2.05) is 10.8 Å². The first-order valence-corrected chi connectivity index (χ1v) is 7.03. The Morgan fingerprint density at radius 3 is 2.65 bits per heavy atom. The van der Waals surface area contributed by atoms with E-state index in [-0.39, 0.29) is 11.3 Å². The predicted octanol–water partition coefficient (Wildman–Crippen LogP) is -0.991. The Balaban J connectivity index is 1.63. The number of hydrogen-bond acceptors (Lipinski definition) is 4. The van der Waals surface area contributed by atoms with Crippen molar-refractivity contribution in [2.45, 2.75) is 13.0 Å². The Hall–Kier alpha value is -3.16. The van der Waals surface area contributed by atoms with E-state index >= 15 is 0 Å². The first-order chi connectivity index (χ1) is 11.1. The highest BCUT2D eigenvalue weighted by Crippen LogP contribution is 1.95. The van der Waals surface area contributed by atoms with Crippen LogP contribution in [0.5, 0.6) is 0 Å². The lowest BCUT2D eigenvalue weighted by atomic mass is 10.2. The Kier molecular flexibility index (Phi) is 4.05. The summed E-state index contributed by atoms with van der Waals surface area (Å²) in [6, 6.07) is 4.50. The summed E-state index contributed by atoms with van der Waals surface area (Å²) in [5.74, 6) is -2.08. The van der Waals surface area contributed by atoms with Crippen LogP contribution in [-0.4, -0.2) is 33.8 Å². The third kappa shape index (κ3) is 3.37. The summed E-state index contributed by atoms with van der Waals surface area (Å²) < 4.78 is 1.92. The van der Waals surface area contributed by atoms with Gasteiger partial charge in [-0.15, -0.1) is 0 Å². The number of aryl methyl sites for hydroxylation is 1. The lowest BCUT2D eigenvalue weighted by Crippen LogP contribution is -2.36. The molecule has 2 aromatic rings. The maximum atomic E-state index is 12.1. The highest BCUT2D eigenvalue weighted by atomic mass is 16.2. The second kappa shape index (κ2) is 6.30. The summed E-state index contributed by atoms with van der Waals surface area (Å²) in [6.07, 6.45) is 6.04. The zero-order chi connectivity index (χ0) is 16.2. The van der Waals surface area contributed by atoms with Gasteiger partial charge in [-0.05, 0) is 24.6 Å². The molecule has 0 unspecified atom stereocenters. The fourth-order valence-corrected chi connectivity index (χ4v) is 2.15. The summed E-state index contributed by atoms with van der Waals surface area (Å²) >= 11 is 0. The van der Waals surface area contributed by atoms with Gasteiger partial charge in [0.2, 0.25) is 0 Å². The molecule has 0 saturated heterocycles. The molecule has 0 aliphatic carbocycles. The van der Waals surface area contributed by atoms with E-state index in [0.717, 1.165) is 13.0 Å². The van der Waals surface area contributed by atoms with Gasteiger partial charge < -0.3 is 9.88 Å². The number of imidazole rings is 1. The minimum atomic E-state index is -0.921. The minimum absolute atomic E-state index is 0.237. The summed E-state index contributed by atoms with van der Waals surface area (Å²) in [4.78, 5) is 45.7. The lowest BCUT2D eigenvalue weighted by Gasteiger charge is -2.06. The zero-order valence-corrected chi connectivity index (χ0v) is 12.1. The van der Waals surface area contributed by atoms with Crippen molar-refractivity contribution in [1.82, 2.24) is 14.9 Å². The molecule has 1 aromatic carbocycles. The van der Waals surface area contributed by atoms with E-state index in [4.69, 9.17) is 0 Å². The maximum absolute atomic E-state index is 12.1. The summed E-state index contributed by atoms with van der Waals surface area (Å²) in [7, 11) is 0. The standard InChI is InChI=1S/C15H13N5O3/c21-13(17-4-1-6-20-7-5-16-9-20)10-2-3-11-12(8-10)19-15(23)14(22)18-11/h2-3,5,7-9H,1,4,6H2,(H,17,21). The molecule has 0 fully saturated rings. The SMILES string of the molecule is O=C1N=c2ccc(C(=O)NCCCn3ccnc3)cc2=NC1=O. The molecule has 0 bridgehead atoms. The molecule has 3 rings (SSSR count). The van der Waals surface area contributed by atoms with E-state index < -0.39 is 11.8 Å². The first-order valence-electron chi connectivity index (χ1n) is 7.03. The van der Waals surface area contributed by atoms with Crippen LogP contribution in [0, 0.1) is 0 Å². The summed E-state index contributed by atoms with van der Waals surface area (Å²) in [5.41, 5.74) is 0.368. The smallest absolute Gasteiger partial charge is 0.338 e. The number of nitrogens with one attached hydrogen (secondary N) is 1. The quantitative estimate of drug-likeness (QED) is 0.565. The van der Waals surface area contributed by atoms with E-state index in [9.17, 15) is 14.4 Å². The van der Waals surface area contributed by atoms with Crippen LogP contribution in [0.25, 0.3) is 0 Å². The van der Waals surface area contributed by atoms with Gasteiger partial charge in [-0.1, -0.05) is 0 Å². The molecule has 1 aliphatic rings. The van der Waals surface area contributed by atoms with Gasteiger partial charge in [0, 0.05) is 31.0 Å². The summed E-state index contributed by atoms with van der Waals surface area (Å²) in [6.45, 7) is 1.27. The number of amides is 3. The van der Waals surface area contributed by atoms with Crippen molar-refractivity contribution >= 4 is 17.7 Å². The summed E-state index contributed by atoms with van der Waals surface area (Å²) in [5, 5.41) is 3.33. The van der Waals surface area contributed by atoms with E-state index in [1.165, 1.54) is 12.1 Å². The van der Waals surface area contributed by atoms with Crippen molar-refractivity contribution in [3.05, 3.63) is 53.2 Å². The molecule has 8 nitrogen and oxygen atoms in total. The molecule has 23 heavy (non-hydrogen) atoms. The Morgan fingerprint density at radius 1 is 1.13 bits per heavy atom. The average Bonchev–Trinajstić information content (AvgIpc) is 3.05. The largest absolute Gasteiger partial charge is 0.352 e. The number of carbonyl (C=O) groups excluding carboxylic acids is 3. The van der Waals surface area contributed by atoms with Gasteiger partial charge in [0.05, 0.1) is 17.0 Å². The number of benzene rings is 1. The molecule has 0 spiro atoms. The lowest BCUT2D eigenvalue weighted by molar-refractivity contribution is -0.135. The Labute approximate surface area is 130 Å². The van der Waals surface area contributed by atoms with Crippen LogP contribution in [0.2, 0.25) is 0 Å². The first kappa shape index (κ1) is 14.8. The molecule has 8 heteroatoms. The molecular formula is C15H13N5O3. The molecule has 1 N–H and O–H groups in total. The number of fused-ring (bicyclic) bond motifs is 1. The Bertz CT molecular complexity index is 886. The van der Waals surface area contributed by atoms with Crippen LogP contribution < -0.4 is 16.0 Å². The molecule has 3 amide bonds. The van der Waals surface area contributed by atoms with Crippen molar-refractivity contribution in [2.24, 2.45) is 9.98 Å². The van der Waals surface area contributed by atoms with Crippen molar-refractivity contribution in [3.63, 3.8) is 0 Å². The van der Waals surface area contributed by atoms with Gasteiger partial charge in [-0.2, -0.15) is 0 Å². The molecule has 1 aliphatic heterocycles. The third-order valence-corrected chi connectivity index (χ3v) is 3.30.